The second-order valence-corrected chi connectivity index (χ2v) is 3.65. The maximum atomic E-state index is 3.98. The van der Waals surface area contributed by atoms with E-state index in [9.17, 15) is 0 Å². The van der Waals surface area contributed by atoms with E-state index in [1.54, 1.807) is 0 Å². The van der Waals surface area contributed by atoms with Crippen molar-refractivity contribution in [3.63, 3.8) is 0 Å². The van der Waals surface area contributed by atoms with E-state index in [1.807, 2.05) is 18.2 Å². The van der Waals surface area contributed by atoms with Crippen LogP contribution in [0.4, 0.5) is 0 Å². The minimum Gasteiger partial charge on any atom is -0.0984 e. The standard InChI is InChI=1S/C11H12Br/c1-4-9-6-5-7-10(8(2)3)11(9)12/h4-8H,1-2H2,3H3. The van der Waals surface area contributed by atoms with Gasteiger partial charge in [0.1, 0.15) is 0 Å². The molecule has 0 saturated heterocycles. The van der Waals surface area contributed by atoms with Crippen LogP contribution in [0.5, 0.6) is 0 Å². The molecule has 1 aromatic carbocycles. The minimum absolute atomic E-state index is 0.305. The molecule has 0 amide bonds. The molecular weight excluding hydrogens is 212 g/mol. The molecule has 1 atom stereocenters. The van der Waals surface area contributed by atoms with Crippen LogP contribution < -0.4 is 0 Å². The van der Waals surface area contributed by atoms with Crippen molar-refractivity contribution in [2.75, 3.05) is 0 Å². The van der Waals surface area contributed by atoms with Crippen molar-refractivity contribution in [2.24, 2.45) is 0 Å². The molecule has 1 aromatic rings. The van der Waals surface area contributed by atoms with Crippen LogP contribution in [0.2, 0.25) is 0 Å². The normalized spacial score (nSPS) is 10.3. The van der Waals surface area contributed by atoms with Crippen LogP contribution in [0, 0.1) is 6.92 Å². The van der Waals surface area contributed by atoms with Gasteiger partial charge in [-0.1, -0.05) is 37.8 Å². The fourth-order valence-electron chi connectivity index (χ4n) is 1.11. The smallest absolute Gasteiger partial charge is 0.0282 e. The highest BCUT2D eigenvalue weighted by Gasteiger charge is 2.05. The van der Waals surface area contributed by atoms with Crippen molar-refractivity contribution in [3.8, 4) is 0 Å². The first-order chi connectivity index (χ1) is 5.66. The zero-order valence-electron chi connectivity index (χ0n) is 7.18. The third kappa shape index (κ3) is 1.78. The lowest BCUT2D eigenvalue weighted by Crippen LogP contribution is -1.90. The summed E-state index contributed by atoms with van der Waals surface area (Å²) in [4.78, 5) is 0. The summed E-state index contributed by atoms with van der Waals surface area (Å²) in [5.74, 6) is 0.305. The van der Waals surface area contributed by atoms with Crippen LogP contribution in [0.25, 0.3) is 6.08 Å². The van der Waals surface area contributed by atoms with E-state index >= 15 is 0 Å². The first-order valence-corrected chi connectivity index (χ1v) is 4.70. The van der Waals surface area contributed by atoms with Gasteiger partial charge in [0.25, 0.3) is 0 Å². The monoisotopic (exact) mass is 223 g/mol. The summed E-state index contributed by atoms with van der Waals surface area (Å²) < 4.78 is 1.11. The van der Waals surface area contributed by atoms with E-state index in [2.05, 4.69) is 42.4 Å². The van der Waals surface area contributed by atoms with E-state index in [1.165, 1.54) is 5.56 Å². The molecule has 0 aromatic heterocycles. The van der Waals surface area contributed by atoms with Crippen LogP contribution in [0.3, 0.4) is 0 Å². The SMILES string of the molecule is [CH2]C(C)c1cccc(C=C)c1Br. The van der Waals surface area contributed by atoms with Gasteiger partial charge in [0.05, 0.1) is 0 Å². The molecule has 0 N–H and O–H groups in total. The quantitative estimate of drug-likeness (QED) is 0.711. The van der Waals surface area contributed by atoms with Crippen LogP contribution in [0.1, 0.15) is 24.0 Å². The lowest BCUT2D eigenvalue weighted by atomic mass is 10.0. The third-order valence-electron chi connectivity index (χ3n) is 1.81. The van der Waals surface area contributed by atoms with Gasteiger partial charge in [0.2, 0.25) is 0 Å². The van der Waals surface area contributed by atoms with E-state index in [4.69, 9.17) is 0 Å². The third-order valence-corrected chi connectivity index (χ3v) is 2.72. The summed E-state index contributed by atoms with van der Waals surface area (Å²) in [6.07, 6.45) is 1.84. The molecule has 0 saturated carbocycles. The number of benzene rings is 1. The molecule has 0 aliphatic rings. The molecule has 0 aliphatic heterocycles. The molecule has 0 bridgehead atoms. The van der Waals surface area contributed by atoms with Crippen LogP contribution in [-0.4, -0.2) is 0 Å². The molecule has 1 radical (unpaired) electrons. The highest BCUT2D eigenvalue weighted by atomic mass is 79.9. The van der Waals surface area contributed by atoms with E-state index in [0.717, 1.165) is 10.0 Å². The molecule has 0 heterocycles. The Hall–Kier alpha value is -0.560. The van der Waals surface area contributed by atoms with Gasteiger partial charge in [-0.25, -0.2) is 0 Å². The Morgan fingerprint density at radius 3 is 2.67 bits per heavy atom. The molecule has 0 spiro atoms. The van der Waals surface area contributed by atoms with Crippen molar-refractivity contribution in [2.45, 2.75) is 12.8 Å². The molecule has 1 heteroatoms. The van der Waals surface area contributed by atoms with Crippen LogP contribution in [-0.2, 0) is 0 Å². The Bertz CT molecular complexity index is 287. The van der Waals surface area contributed by atoms with Crippen LogP contribution >= 0.6 is 15.9 Å². The zero-order chi connectivity index (χ0) is 9.14. The summed E-state index contributed by atoms with van der Waals surface area (Å²) in [6.45, 7) is 9.80. The minimum atomic E-state index is 0.305. The second kappa shape index (κ2) is 3.90. The molecule has 0 aliphatic carbocycles. The van der Waals surface area contributed by atoms with Gasteiger partial charge < -0.3 is 0 Å². The fourth-order valence-corrected chi connectivity index (χ4v) is 1.92. The highest BCUT2D eigenvalue weighted by molar-refractivity contribution is 9.10. The van der Waals surface area contributed by atoms with Gasteiger partial charge in [0.15, 0.2) is 0 Å². The Balaban J connectivity index is 3.22. The lowest BCUT2D eigenvalue weighted by molar-refractivity contribution is 0.955. The topological polar surface area (TPSA) is 0 Å². The second-order valence-electron chi connectivity index (χ2n) is 2.86. The summed E-state index contributed by atoms with van der Waals surface area (Å²) in [5.41, 5.74) is 2.36. The van der Waals surface area contributed by atoms with E-state index < -0.39 is 0 Å². The molecule has 1 unspecified atom stereocenters. The average Bonchev–Trinajstić information content (AvgIpc) is 2.04. The Morgan fingerprint density at radius 1 is 1.50 bits per heavy atom. The van der Waals surface area contributed by atoms with Crippen molar-refractivity contribution >= 4 is 22.0 Å². The predicted molar refractivity (Wildman–Crippen MR) is 58.0 cm³/mol. The highest BCUT2D eigenvalue weighted by Crippen LogP contribution is 2.28. The Kier molecular flexibility index (Phi) is 3.10. The van der Waals surface area contributed by atoms with Gasteiger partial charge in [0, 0.05) is 4.47 Å². The molecule has 1 rings (SSSR count). The number of halogens is 1. The van der Waals surface area contributed by atoms with Crippen molar-refractivity contribution in [1.29, 1.82) is 0 Å². The van der Waals surface area contributed by atoms with E-state index in [-0.39, 0.29) is 0 Å². The molecule has 0 fully saturated rings. The molecule has 0 nitrogen and oxygen atoms in total. The first-order valence-electron chi connectivity index (χ1n) is 3.90. The van der Waals surface area contributed by atoms with Crippen LogP contribution in [0.15, 0.2) is 29.3 Å². The first kappa shape index (κ1) is 9.53. The molecule has 12 heavy (non-hydrogen) atoms. The van der Waals surface area contributed by atoms with Gasteiger partial charge >= 0.3 is 0 Å². The van der Waals surface area contributed by atoms with Gasteiger partial charge in [-0.3, -0.25) is 0 Å². The van der Waals surface area contributed by atoms with Crippen molar-refractivity contribution < 1.29 is 0 Å². The van der Waals surface area contributed by atoms with Gasteiger partial charge in [-0.15, -0.1) is 0 Å². The summed E-state index contributed by atoms with van der Waals surface area (Å²) in [7, 11) is 0. The number of rotatable bonds is 2. The average molecular weight is 224 g/mol. The molecular formula is C11H12Br. The summed E-state index contributed by atoms with van der Waals surface area (Å²) in [6, 6.07) is 6.14. The maximum absolute atomic E-state index is 3.98. The Labute approximate surface area is 82.4 Å². The largest absolute Gasteiger partial charge is 0.0984 e. The van der Waals surface area contributed by atoms with E-state index in [0.29, 0.717) is 5.92 Å². The molecule has 63 valence electrons. The number of hydrogen-bond acceptors (Lipinski definition) is 0. The summed E-state index contributed by atoms with van der Waals surface area (Å²) in [5, 5.41) is 0. The zero-order valence-corrected chi connectivity index (χ0v) is 8.76. The van der Waals surface area contributed by atoms with Crippen molar-refractivity contribution in [1.82, 2.24) is 0 Å². The van der Waals surface area contributed by atoms with Gasteiger partial charge in [-0.05, 0) is 39.9 Å². The fraction of sp³-hybridized carbons (Fsp3) is 0.182. The maximum Gasteiger partial charge on any atom is 0.0282 e. The van der Waals surface area contributed by atoms with Gasteiger partial charge in [-0.2, -0.15) is 0 Å². The Morgan fingerprint density at radius 2 is 2.17 bits per heavy atom. The predicted octanol–water partition coefficient (Wildman–Crippen LogP) is 4.03. The van der Waals surface area contributed by atoms with Crippen molar-refractivity contribution in [3.05, 3.63) is 47.3 Å². The number of hydrogen-bond donors (Lipinski definition) is 0. The summed E-state index contributed by atoms with van der Waals surface area (Å²) >= 11 is 3.53. The lowest BCUT2D eigenvalue weighted by Gasteiger charge is -2.09.